The van der Waals surface area contributed by atoms with Gasteiger partial charge in [0.1, 0.15) is 11.0 Å². The average molecular weight is 539 g/mol. The number of nitrogens with one attached hydrogen (secondary N) is 1. The Balaban J connectivity index is 1.22. The predicted molar refractivity (Wildman–Crippen MR) is 143 cm³/mol. The number of morpholine rings is 1. The molecule has 3 heterocycles. The highest BCUT2D eigenvalue weighted by atomic mass is 35.5. The molecule has 2 aliphatic heterocycles. The number of carbonyl (C=O) groups is 2. The standard InChI is InChI=1S/C25H39ClN6O3S/c1-19-17-31(10-11-32(19)24(34)7-6-20-4-2-3-5-20)22-16-21(26)28-25(29-22)36-18-23(33)27-8-9-30-12-14-35-15-13-30/h16,19-20H,2-15,17-18H2,1H3,(H,27,33). The van der Waals surface area contributed by atoms with Crippen molar-refractivity contribution in [3.05, 3.63) is 11.2 Å². The molecule has 2 saturated heterocycles. The van der Waals surface area contributed by atoms with Gasteiger partial charge < -0.3 is 19.9 Å². The Morgan fingerprint density at radius 2 is 1.94 bits per heavy atom. The highest BCUT2D eigenvalue weighted by molar-refractivity contribution is 7.99. The summed E-state index contributed by atoms with van der Waals surface area (Å²) in [4.78, 5) is 40.6. The van der Waals surface area contributed by atoms with E-state index in [1.54, 1.807) is 6.07 Å². The quantitative estimate of drug-likeness (QED) is 0.276. The summed E-state index contributed by atoms with van der Waals surface area (Å²) >= 11 is 7.59. The molecule has 3 aliphatic rings. The summed E-state index contributed by atoms with van der Waals surface area (Å²) in [5, 5.41) is 3.81. The number of nitrogens with zero attached hydrogens (tertiary/aromatic N) is 5. The number of piperazine rings is 1. The lowest BCUT2D eigenvalue weighted by molar-refractivity contribution is -0.134. The van der Waals surface area contributed by atoms with Crippen LogP contribution < -0.4 is 10.2 Å². The molecule has 1 aromatic heterocycles. The van der Waals surface area contributed by atoms with Crippen LogP contribution in [0.15, 0.2) is 11.2 Å². The van der Waals surface area contributed by atoms with Gasteiger partial charge in [0, 0.05) is 64.3 Å². The average Bonchev–Trinajstić information content (AvgIpc) is 3.40. The first-order valence-electron chi connectivity index (χ1n) is 13.3. The van der Waals surface area contributed by atoms with E-state index in [2.05, 4.69) is 32.0 Å². The number of hydrogen-bond acceptors (Lipinski definition) is 8. The molecule has 1 atom stereocenters. The summed E-state index contributed by atoms with van der Waals surface area (Å²) in [5.74, 6) is 1.94. The molecule has 9 nitrogen and oxygen atoms in total. The molecule has 1 aliphatic carbocycles. The third kappa shape index (κ3) is 8.19. The van der Waals surface area contributed by atoms with Crippen molar-refractivity contribution in [3.8, 4) is 0 Å². The molecule has 1 N–H and O–H groups in total. The molecule has 36 heavy (non-hydrogen) atoms. The first-order valence-corrected chi connectivity index (χ1v) is 14.6. The Morgan fingerprint density at radius 3 is 2.69 bits per heavy atom. The van der Waals surface area contributed by atoms with Crippen molar-refractivity contribution in [2.45, 2.75) is 56.6 Å². The number of carbonyl (C=O) groups excluding carboxylic acids is 2. The van der Waals surface area contributed by atoms with Crippen LogP contribution in [0.2, 0.25) is 5.15 Å². The Bertz CT molecular complexity index is 881. The third-order valence-corrected chi connectivity index (χ3v) is 8.40. The first kappa shape index (κ1) is 27.4. The van der Waals surface area contributed by atoms with Gasteiger partial charge >= 0.3 is 0 Å². The second-order valence-corrected chi connectivity index (χ2v) is 11.3. The molecular formula is C25H39ClN6O3S. The van der Waals surface area contributed by atoms with E-state index in [0.29, 0.717) is 42.9 Å². The number of aromatic nitrogens is 2. The van der Waals surface area contributed by atoms with Gasteiger partial charge in [0.25, 0.3) is 0 Å². The first-order chi connectivity index (χ1) is 17.5. The Labute approximate surface area is 223 Å². The molecule has 0 bridgehead atoms. The highest BCUT2D eigenvalue weighted by Crippen LogP contribution is 2.29. The molecule has 1 unspecified atom stereocenters. The number of halogens is 1. The topological polar surface area (TPSA) is 90.9 Å². The van der Waals surface area contributed by atoms with Crippen LogP contribution in [0.4, 0.5) is 5.82 Å². The molecule has 200 valence electrons. The zero-order chi connectivity index (χ0) is 25.3. The highest BCUT2D eigenvalue weighted by Gasteiger charge is 2.29. The van der Waals surface area contributed by atoms with E-state index in [0.717, 1.165) is 51.0 Å². The fourth-order valence-electron chi connectivity index (χ4n) is 5.28. The summed E-state index contributed by atoms with van der Waals surface area (Å²) in [6.45, 7) is 8.95. The van der Waals surface area contributed by atoms with Crippen LogP contribution in [-0.4, -0.2) is 102 Å². The second kappa shape index (κ2) is 13.8. The van der Waals surface area contributed by atoms with Crippen molar-refractivity contribution in [1.82, 2.24) is 25.1 Å². The molecule has 3 fully saturated rings. The number of ether oxygens (including phenoxy) is 1. The monoisotopic (exact) mass is 538 g/mol. The lowest BCUT2D eigenvalue weighted by Gasteiger charge is -2.40. The molecule has 11 heteroatoms. The number of amides is 2. The maximum atomic E-state index is 12.8. The van der Waals surface area contributed by atoms with Crippen molar-refractivity contribution in [2.75, 3.05) is 69.7 Å². The molecule has 0 radical (unpaired) electrons. The summed E-state index contributed by atoms with van der Waals surface area (Å²) < 4.78 is 5.35. The van der Waals surface area contributed by atoms with Crippen molar-refractivity contribution in [2.24, 2.45) is 5.92 Å². The molecule has 1 saturated carbocycles. The SMILES string of the molecule is CC1CN(c2cc(Cl)nc(SCC(=O)NCCN3CCOCC3)n2)CCN1C(=O)CCC1CCCC1. The second-order valence-electron chi connectivity index (χ2n) is 10.00. The van der Waals surface area contributed by atoms with Gasteiger partial charge in [-0.05, 0) is 19.3 Å². The van der Waals surface area contributed by atoms with Gasteiger partial charge in [-0.2, -0.15) is 0 Å². The van der Waals surface area contributed by atoms with Crippen LogP contribution >= 0.6 is 23.4 Å². The van der Waals surface area contributed by atoms with Gasteiger partial charge in [-0.25, -0.2) is 9.97 Å². The maximum Gasteiger partial charge on any atom is 0.230 e. The lowest BCUT2D eigenvalue weighted by atomic mass is 10.0. The molecule has 1 aromatic rings. The molecule has 0 aromatic carbocycles. The number of anilines is 1. The normalized spacial score (nSPS) is 21.7. The van der Waals surface area contributed by atoms with Crippen LogP contribution in [0.3, 0.4) is 0 Å². The van der Waals surface area contributed by atoms with E-state index in [1.165, 1.54) is 37.4 Å². The molecular weight excluding hydrogens is 500 g/mol. The predicted octanol–water partition coefficient (Wildman–Crippen LogP) is 2.68. The van der Waals surface area contributed by atoms with E-state index in [9.17, 15) is 9.59 Å². The fourth-order valence-corrected chi connectivity index (χ4v) is 6.19. The minimum atomic E-state index is -0.0447. The van der Waals surface area contributed by atoms with Crippen LogP contribution in [-0.2, 0) is 14.3 Å². The Morgan fingerprint density at radius 1 is 1.17 bits per heavy atom. The smallest absolute Gasteiger partial charge is 0.230 e. The van der Waals surface area contributed by atoms with Crippen LogP contribution in [0.1, 0.15) is 45.4 Å². The zero-order valence-electron chi connectivity index (χ0n) is 21.3. The summed E-state index contributed by atoms with van der Waals surface area (Å²) in [6.07, 6.45) is 6.87. The molecule has 0 spiro atoms. The number of hydrogen-bond donors (Lipinski definition) is 1. The lowest BCUT2D eigenvalue weighted by Crippen LogP contribution is -2.54. The van der Waals surface area contributed by atoms with E-state index in [-0.39, 0.29) is 23.6 Å². The zero-order valence-corrected chi connectivity index (χ0v) is 22.9. The number of thioether (sulfide) groups is 1. The Hall–Kier alpha value is -1.62. The third-order valence-electron chi connectivity index (χ3n) is 7.36. The van der Waals surface area contributed by atoms with Gasteiger partial charge in [-0.3, -0.25) is 14.5 Å². The van der Waals surface area contributed by atoms with Crippen molar-refractivity contribution >= 4 is 41.0 Å². The van der Waals surface area contributed by atoms with E-state index < -0.39 is 0 Å². The van der Waals surface area contributed by atoms with Crippen LogP contribution in [0.25, 0.3) is 0 Å². The van der Waals surface area contributed by atoms with Gasteiger partial charge in [-0.15, -0.1) is 0 Å². The summed E-state index contributed by atoms with van der Waals surface area (Å²) in [7, 11) is 0. The minimum Gasteiger partial charge on any atom is -0.379 e. The summed E-state index contributed by atoms with van der Waals surface area (Å²) in [5.41, 5.74) is 0. The van der Waals surface area contributed by atoms with Crippen molar-refractivity contribution in [1.29, 1.82) is 0 Å². The molecule has 2 amide bonds. The minimum absolute atomic E-state index is 0.0447. The fraction of sp³-hybridized carbons (Fsp3) is 0.760. The van der Waals surface area contributed by atoms with E-state index in [1.807, 2.05) is 4.90 Å². The van der Waals surface area contributed by atoms with Gasteiger partial charge in [0.2, 0.25) is 11.8 Å². The van der Waals surface area contributed by atoms with E-state index >= 15 is 0 Å². The maximum absolute atomic E-state index is 12.8. The van der Waals surface area contributed by atoms with E-state index in [4.69, 9.17) is 16.3 Å². The van der Waals surface area contributed by atoms with Gasteiger partial charge in [0.15, 0.2) is 5.16 Å². The van der Waals surface area contributed by atoms with Crippen LogP contribution in [0, 0.1) is 5.92 Å². The largest absolute Gasteiger partial charge is 0.379 e. The summed E-state index contributed by atoms with van der Waals surface area (Å²) in [6, 6.07) is 1.87. The van der Waals surface area contributed by atoms with Crippen molar-refractivity contribution in [3.63, 3.8) is 0 Å². The molecule has 4 rings (SSSR count). The number of rotatable bonds is 10. The van der Waals surface area contributed by atoms with Crippen molar-refractivity contribution < 1.29 is 14.3 Å². The van der Waals surface area contributed by atoms with Crippen LogP contribution in [0.5, 0.6) is 0 Å². The Kier molecular flexibility index (Phi) is 10.5. The van der Waals surface area contributed by atoms with Gasteiger partial charge in [0.05, 0.1) is 19.0 Å². The van der Waals surface area contributed by atoms with Gasteiger partial charge in [-0.1, -0.05) is 49.0 Å².